The van der Waals surface area contributed by atoms with E-state index in [1.54, 1.807) is 11.3 Å². The number of benzene rings is 1. The second-order valence-corrected chi connectivity index (χ2v) is 7.84. The fourth-order valence-electron chi connectivity index (χ4n) is 3.62. The van der Waals surface area contributed by atoms with Gasteiger partial charge in [-0.3, -0.25) is 9.69 Å². The fraction of sp³-hybridized carbons (Fsp3) is 0.474. The number of carbonyl (C=O) groups is 1. The Morgan fingerprint density at radius 2 is 2.16 bits per heavy atom. The van der Waals surface area contributed by atoms with Crippen LogP contribution in [-0.2, 0) is 11.3 Å². The van der Waals surface area contributed by atoms with Crippen molar-refractivity contribution in [3.63, 3.8) is 0 Å². The molecule has 0 aliphatic carbocycles. The number of rotatable bonds is 6. The molecular weight excluding hydrogens is 336 g/mol. The first kappa shape index (κ1) is 18.0. The van der Waals surface area contributed by atoms with Crippen molar-refractivity contribution in [2.45, 2.75) is 38.8 Å². The van der Waals surface area contributed by atoms with Crippen molar-refractivity contribution in [2.24, 2.45) is 5.41 Å². The number of hydrogen-bond donors (Lipinski definition) is 2. The third kappa shape index (κ3) is 3.76. The third-order valence-corrected chi connectivity index (χ3v) is 5.97. The number of aliphatic hydroxyl groups is 1. The molecule has 0 amide bonds. The minimum atomic E-state index is -1.06. The summed E-state index contributed by atoms with van der Waals surface area (Å²) < 4.78 is 0. The number of likely N-dealkylation sites (tertiary alicyclic amines) is 1. The molecule has 6 heteroatoms. The van der Waals surface area contributed by atoms with Gasteiger partial charge in [-0.2, -0.15) is 0 Å². The Morgan fingerprint density at radius 3 is 2.84 bits per heavy atom. The lowest BCUT2D eigenvalue weighted by molar-refractivity contribution is -0.164. The lowest BCUT2D eigenvalue weighted by Crippen LogP contribution is -2.55. The van der Waals surface area contributed by atoms with E-state index in [4.69, 9.17) is 0 Å². The first-order valence-electron chi connectivity index (χ1n) is 8.69. The number of carboxylic acids is 1. The van der Waals surface area contributed by atoms with E-state index in [2.05, 4.69) is 9.88 Å². The minimum Gasteiger partial charge on any atom is -0.481 e. The van der Waals surface area contributed by atoms with Crippen molar-refractivity contribution in [2.75, 3.05) is 13.1 Å². The SMILES string of the molecule is CCC[C@@]1(C(=O)O)CN(Cc2cnc(-c3ccccc3)s2)CC[C@@H]1O. The number of nitrogens with zero attached hydrogens (tertiary/aromatic N) is 2. The topological polar surface area (TPSA) is 73.7 Å². The van der Waals surface area contributed by atoms with Gasteiger partial charge in [-0.25, -0.2) is 4.98 Å². The number of hydrogen-bond acceptors (Lipinski definition) is 5. The van der Waals surface area contributed by atoms with Gasteiger partial charge in [0.2, 0.25) is 0 Å². The molecule has 2 heterocycles. The summed E-state index contributed by atoms with van der Waals surface area (Å²) in [5.74, 6) is -0.888. The van der Waals surface area contributed by atoms with E-state index in [0.29, 0.717) is 32.5 Å². The normalized spacial score (nSPS) is 24.3. The molecule has 0 bridgehead atoms. The molecule has 5 nitrogen and oxygen atoms in total. The van der Waals surface area contributed by atoms with Crippen LogP contribution < -0.4 is 0 Å². The number of aliphatic carboxylic acids is 1. The van der Waals surface area contributed by atoms with E-state index in [1.165, 1.54) is 0 Å². The van der Waals surface area contributed by atoms with Crippen LogP contribution in [0.4, 0.5) is 0 Å². The summed E-state index contributed by atoms with van der Waals surface area (Å²) in [5, 5.41) is 21.0. The first-order valence-corrected chi connectivity index (χ1v) is 9.51. The Bertz CT molecular complexity index is 718. The van der Waals surface area contributed by atoms with Crippen molar-refractivity contribution in [3.05, 3.63) is 41.4 Å². The molecule has 1 saturated heterocycles. The van der Waals surface area contributed by atoms with E-state index in [0.717, 1.165) is 21.9 Å². The summed E-state index contributed by atoms with van der Waals surface area (Å²) in [6, 6.07) is 10.0. The number of aliphatic hydroxyl groups excluding tert-OH is 1. The number of thiazole rings is 1. The molecule has 0 unspecified atom stereocenters. The van der Waals surface area contributed by atoms with Crippen LogP contribution in [0.5, 0.6) is 0 Å². The molecule has 1 aliphatic rings. The van der Waals surface area contributed by atoms with Crippen LogP contribution in [0.2, 0.25) is 0 Å². The second kappa shape index (κ2) is 7.64. The van der Waals surface area contributed by atoms with Crippen LogP contribution in [0.25, 0.3) is 10.6 Å². The lowest BCUT2D eigenvalue weighted by atomic mass is 9.74. The average Bonchev–Trinajstić information content (AvgIpc) is 3.07. The highest BCUT2D eigenvalue weighted by Crippen LogP contribution is 2.36. The Morgan fingerprint density at radius 1 is 1.40 bits per heavy atom. The van der Waals surface area contributed by atoms with E-state index in [9.17, 15) is 15.0 Å². The largest absolute Gasteiger partial charge is 0.481 e. The minimum absolute atomic E-state index is 0.385. The first-order chi connectivity index (χ1) is 12.0. The predicted octanol–water partition coefficient (Wildman–Crippen LogP) is 3.25. The standard InChI is InChI=1S/C19H24N2O3S/c1-2-9-19(18(23)24)13-21(10-8-16(19)22)12-15-11-20-17(25-15)14-6-4-3-5-7-14/h3-7,11,16,22H,2,8-10,12-13H2,1H3,(H,23,24)/t16-,19+/m0/s1. The molecular formula is C19H24N2O3S. The number of piperidine rings is 1. The molecule has 2 N–H and O–H groups in total. The zero-order valence-corrected chi connectivity index (χ0v) is 15.2. The molecule has 25 heavy (non-hydrogen) atoms. The summed E-state index contributed by atoms with van der Waals surface area (Å²) in [6.07, 6.45) is 2.84. The molecule has 0 saturated carbocycles. The maximum Gasteiger partial charge on any atom is 0.313 e. The van der Waals surface area contributed by atoms with Gasteiger partial charge in [0.1, 0.15) is 10.4 Å². The maximum atomic E-state index is 11.9. The van der Waals surface area contributed by atoms with Crippen LogP contribution in [0.3, 0.4) is 0 Å². The summed E-state index contributed by atoms with van der Waals surface area (Å²) in [5.41, 5.74) is 0.0404. The molecule has 1 aliphatic heterocycles. The van der Waals surface area contributed by atoms with Crippen LogP contribution >= 0.6 is 11.3 Å². The smallest absolute Gasteiger partial charge is 0.313 e. The van der Waals surface area contributed by atoms with Gasteiger partial charge in [0, 0.05) is 36.3 Å². The van der Waals surface area contributed by atoms with E-state index in [1.807, 2.05) is 43.5 Å². The number of carboxylic acid groups (broad SMARTS) is 1. The molecule has 2 aromatic rings. The average molecular weight is 360 g/mol. The highest BCUT2D eigenvalue weighted by molar-refractivity contribution is 7.15. The van der Waals surface area contributed by atoms with Crippen molar-refractivity contribution < 1.29 is 15.0 Å². The lowest BCUT2D eigenvalue weighted by Gasteiger charge is -2.43. The Kier molecular flexibility index (Phi) is 5.51. The quantitative estimate of drug-likeness (QED) is 0.827. The van der Waals surface area contributed by atoms with Crippen LogP contribution in [0.1, 0.15) is 31.1 Å². The van der Waals surface area contributed by atoms with Gasteiger partial charge >= 0.3 is 5.97 Å². The van der Waals surface area contributed by atoms with Gasteiger partial charge in [-0.1, -0.05) is 43.7 Å². The van der Waals surface area contributed by atoms with Crippen molar-refractivity contribution in [1.82, 2.24) is 9.88 Å². The molecule has 3 rings (SSSR count). The Labute approximate surface area is 152 Å². The van der Waals surface area contributed by atoms with E-state index in [-0.39, 0.29) is 0 Å². The van der Waals surface area contributed by atoms with E-state index >= 15 is 0 Å². The van der Waals surface area contributed by atoms with Gasteiger partial charge in [0.15, 0.2) is 0 Å². The number of aromatic nitrogens is 1. The molecule has 0 spiro atoms. The molecule has 2 atom stereocenters. The predicted molar refractivity (Wildman–Crippen MR) is 98.4 cm³/mol. The van der Waals surface area contributed by atoms with E-state index < -0.39 is 17.5 Å². The summed E-state index contributed by atoms with van der Waals surface area (Å²) in [6.45, 7) is 3.73. The highest BCUT2D eigenvalue weighted by Gasteiger charge is 2.48. The fourth-order valence-corrected chi connectivity index (χ4v) is 4.58. The Hall–Kier alpha value is -1.76. The van der Waals surface area contributed by atoms with Gasteiger partial charge in [0.25, 0.3) is 0 Å². The molecule has 134 valence electrons. The zero-order valence-electron chi connectivity index (χ0n) is 14.4. The monoisotopic (exact) mass is 360 g/mol. The van der Waals surface area contributed by atoms with Crippen LogP contribution in [-0.4, -0.2) is 45.3 Å². The van der Waals surface area contributed by atoms with Gasteiger partial charge in [-0.05, 0) is 12.8 Å². The molecule has 0 radical (unpaired) electrons. The molecule has 1 fully saturated rings. The second-order valence-electron chi connectivity index (χ2n) is 6.72. The van der Waals surface area contributed by atoms with Gasteiger partial charge < -0.3 is 10.2 Å². The summed E-state index contributed by atoms with van der Waals surface area (Å²) in [4.78, 5) is 19.6. The summed E-state index contributed by atoms with van der Waals surface area (Å²) in [7, 11) is 0. The van der Waals surface area contributed by atoms with Gasteiger partial charge in [-0.15, -0.1) is 11.3 Å². The third-order valence-electron chi connectivity index (χ3n) is 4.94. The molecule has 1 aromatic carbocycles. The Balaban J connectivity index is 1.73. The van der Waals surface area contributed by atoms with Gasteiger partial charge in [0.05, 0.1) is 6.10 Å². The van der Waals surface area contributed by atoms with Crippen LogP contribution in [0.15, 0.2) is 36.5 Å². The van der Waals surface area contributed by atoms with Crippen LogP contribution in [0, 0.1) is 5.41 Å². The zero-order chi connectivity index (χ0) is 17.9. The highest BCUT2D eigenvalue weighted by atomic mass is 32.1. The molecule has 1 aromatic heterocycles. The summed E-state index contributed by atoms with van der Waals surface area (Å²) >= 11 is 1.64. The van der Waals surface area contributed by atoms with Crippen molar-refractivity contribution in [1.29, 1.82) is 0 Å². The van der Waals surface area contributed by atoms with Crippen molar-refractivity contribution in [3.8, 4) is 10.6 Å². The van der Waals surface area contributed by atoms with Crippen molar-refractivity contribution >= 4 is 17.3 Å². The maximum absolute atomic E-state index is 11.9.